The van der Waals surface area contributed by atoms with Gasteiger partial charge in [0.2, 0.25) is 0 Å². The summed E-state index contributed by atoms with van der Waals surface area (Å²) in [6.45, 7) is 6.85. The first-order valence-electron chi connectivity index (χ1n) is 6.66. The molecule has 1 aromatic rings. The standard InChI is InChI=1S/C15H25NO3/c1-12-4-6-14(7-5-12)19-11-13(18)10-16-15(2,3)8-9-17/h4-7,13,16-18H,8-11H2,1-3H3. The summed E-state index contributed by atoms with van der Waals surface area (Å²) < 4.78 is 5.51. The van der Waals surface area contributed by atoms with E-state index in [0.717, 1.165) is 5.75 Å². The van der Waals surface area contributed by atoms with Crippen LogP contribution in [0.15, 0.2) is 24.3 Å². The molecule has 1 atom stereocenters. The van der Waals surface area contributed by atoms with Gasteiger partial charge in [0.25, 0.3) is 0 Å². The molecule has 19 heavy (non-hydrogen) atoms. The monoisotopic (exact) mass is 267 g/mol. The number of ether oxygens (including phenoxy) is 1. The number of hydrogen-bond donors (Lipinski definition) is 3. The molecule has 0 saturated heterocycles. The number of rotatable bonds is 8. The molecule has 4 nitrogen and oxygen atoms in total. The molecule has 1 rings (SSSR count). The Morgan fingerprint density at radius 3 is 2.47 bits per heavy atom. The quantitative estimate of drug-likeness (QED) is 0.668. The van der Waals surface area contributed by atoms with Crippen LogP contribution in [0.2, 0.25) is 0 Å². The van der Waals surface area contributed by atoms with Crippen LogP contribution in [0.3, 0.4) is 0 Å². The second kappa shape index (κ2) is 7.48. The van der Waals surface area contributed by atoms with Crippen molar-refractivity contribution in [1.29, 1.82) is 0 Å². The number of β-amino-alcohol motifs (C(OH)–C–C–N with tert-alkyl or cyclic N) is 1. The zero-order chi connectivity index (χ0) is 14.3. The third-order valence-electron chi connectivity index (χ3n) is 3.02. The molecule has 0 amide bonds. The minimum absolute atomic E-state index is 0.135. The van der Waals surface area contributed by atoms with Gasteiger partial charge >= 0.3 is 0 Å². The summed E-state index contributed by atoms with van der Waals surface area (Å²) in [5, 5.41) is 22.0. The topological polar surface area (TPSA) is 61.7 Å². The lowest BCUT2D eigenvalue weighted by Gasteiger charge is -2.27. The predicted octanol–water partition coefficient (Wildman–Crippen LogP) is 1.49. The molecule has 0 aliphatic rings. The van der Waals surface area contributed by atoms with E-state index in [1.54, 1.807) is 0 Å². The molecule has 0 spiro atoms. The van der Waals surface area contributed by atoms with E-state index in [9.17, 15) is 5.11 Å². The smallest absolute Gasteiger partial charge is 0.119 e. The van der Waals surface area contributed by atoms with Crippen molar-refractivity contribution in [2.45, 2.75) is 38.8 Å². The van der Waals surface area contributed by atoms with E-state index in [2.05, 4.69) is 5.32 Å². The van der Waals surface area contributed by atoms with Crippen molar-refractivity contribution in [3.8, 4) is 5.75 Å². The number of hydrogen-bond acceptors (Lipinski definition) is 4. The van der Waals surface area contributed by atoms with Crippen LogP contribution < -0.4 is 10.1 Å². The molecule has 3 N–H and O–H groups in total. The molecule has 0 fully saturated rings. The van der Waals surface area contributed by atoms with Gasteiger partial charge in [-0.05, 0) is 39.3 Å². The number of aryl methyl sites for hydroxylation is 1. The third kappa shape index (κ3) is 6.57. The van der Waals surface area contributed by atoms with Crippen LogP contribution in [0.4, 0.5) is 0 Å². The van der Waals surface area contributed by atoms with Gasteiger partial charge in [-0.3, -0.25) is 0 Å². The predicted molar refractivity (Wildman–Crippen MR) is 76.5 cm³/mol. The van der Waals surface area contributed by atoms with Crippen LogP contribution in [0.5, 0.6) is 5.75 Å². The van der Waals surface area contributed by atoms with Gasteiger partial charge in [0.05, 0.1) is 0 Å². The molecule has 0 heterocycles. The normalized spacial score (nSPS) is 13.3. The summed E-state index contributed by atoms with van der Waals surface area (Å²) in [6.07, 6.45) is 0.0812. The van der Waals surface area contributed by atoms with E-state index >= 15 is 0 Å². The lowest BCUT2D eigenvalue weighted by Crippen LogP contribution is -2.45. The van der Waals surface area contributed by atoms with E-state index in [1.165, 1.54) is 5.56 Å². The van der Waals surface area contributed by atoms with Crippen molar-refractivity contribution in [1.82, 2.24) is 5.32 Å². The second-order valence-corrected chi connectivity index (χ2v) is 5.52. The fourth-order valence-corrected chi connectivity index (χ4v) is 1.65. The molecule has 108 valence electrons. The van der Waals surface area contributed by atoms with Crippen molar-refractivity contribution in [2.75, 3.05) is 19.8 Å². The lowest BCUT2D eigenvalue weighted by atomic mass is 10.0. The SMILES string of the molecule is Cc1ccc(OCC(O)CNC(C)(C)CCO)cc1. The van der Waals surface area contributed by atoms with Crippen LogP contribution in [0, 0.1) is 6.92 Å². The van der Waals surface area contributed by atoms with Crippen molar-refractivity contribution >= 4 is 0 Å². The molecule has 1 aromatic carbocycles. The molecule has 0 bridgehead atoms. The Labute approximate surface area is 115 Å². The van der Waals surface area contributed by atoms with Gasteiger partial charge in [-0.25, -0.2) is 0 Å². The Kier molecular flexibility index (Phi) is 6.28. The summed E-state index contributed by atoms with van der Waals surface area (Å²) in [4.78, 5) is 0. The molecule has 0 radical (unpaired) electrons. The molecule has 0 saturated carbocycles. The van der Waals surface area contributed by atoms with Crippen LogP contribution in [-0.2, 0) is 0 Å². The van der Waals surface area contributed by atoms with Crippen LogP contribution >= 0.6 is 0 Å². The first kappa shape index (κ1) is 16.0. The van der Waals surface area contributed by atoms with E-state index in [4.69, 9.17) is 9.84 Å². The molecule has 0 aromatic heterocycles. The Balaban J connectivity index is 2.28. The van der Waals surface area contributed by atoms with Crippen LogP contribution in [0.25, 0.3) is 0 Å². The summed E-state index contributed by atoms with van der Waals surface area (Å²) in [5.41, 5.74) is 1.000. The van der Waals surface area contributed by atoms with Gasteiger partial charge in [-0.2, -0.15) is 0 Å². The Hall–Kier alpha value is -1.10. The summed E-state index contributed by atoms with van der Waals surface area (Å²) >= 11 is 0. The van der Waals surface area contributed by atoms with Gasteiger partial charge in [0, 0.05) is 18.7 Å². The number of nitrogens with one attached hydrogen (secondary N) is 1. The number of aliphatic hydroxyl groups excluding tert-OH is 2. The van der Waals surface area contributed by atoms with Crippen molar-refractivity contribution in [3.05, 3.63) is 29.8 Å². The van der Waals surface area contributed by atoms with Crippen molar-refractivity contribution in [2.24, 2.45) is 0 Å². The number of benzene rings is 1. The van der Waals surface area contributed by atoms with Gasteiger partial charge in [-0.15, -0.1) is 0 Å². The molecular weight excluding hydrogens is 242 g/mol. The average molecular weight is 267 g/mol. The van der Waals surface area contributed by atoms with Crippen molar-refractivity contribution in [3.63, 3.8) is 0 Å². The fraction of sp³-hybridized carbons (Fsp3) is 0.600. The largest absolute Gasteiger partial charge is 0.491 e. The van der Waals surface area contributed by atoms with Gasteiger partial charge < -0.3 is 20.3 Å². The highest BCUT2D eigenvalue weighted by molar-refractivity contribution is 5.26. The van der Waals surface area contributed by atoms with E-state index < -0.39 is 6.10 Å². The minimum Gasteiger partial charge on any atom is -0.491 e. The fourth-order valence-electron chi connectivity index (χ4n) is 1.65. The summed E-state index contributed by atoms with van der Waals surface area (Å²) in [5.74, 6) is 0.763. The van der Waals surface area contributed by atoms with Gasteiger partial charge in [0.1, 0.15) is 18.5 Å². The van der Waals surface area contributed by atoms with Crippen LogP contribution in [0.1, 0.15) is 25.8 Å². The second-order valence-electron chi connectivity index (χ2n) is 5.52. The zero-order valence-corrected chi connectivity index (χ0v) is 12.0. The maximum absolute atomic E-state index is 9.85. The lowest BCUT2D eigenvalue weighted by molar-refractivity contribution is 0.0960. The molecule has 0 aliphatic carbocycles. The highest BCUT2D eigenvalue weighted by atomic mass is 16.5. The number of aliphatic hydroxyl groups is 2. The van der Waals surface area contributed by atoms with Gasteiger partial charge in [0.15, 0.2) is 0 Å². The first-order valence-corrected chi connectivity index (χ1v) is 6.66. The Morgan fingerprint density at radius 1 is 1.26 bits per heavy atom. The summed E-state index contributed by atoms with van der Waals surface area (Å²) in [7, 11) is 0. The zero-order valence-electron chi connectivity index (χ0n) is 12.0. The maximum atomic E-state index is 9.85. The van der Waals surface area contributed by atoms with Crippen LogP contribution in [-0.4, -0.2) is 41.6 Å². The first-order chi connectivity index (χ1) is 8.93. The minimum atomic E-state index is -0.570. The molecule has 4 heteroatoms. The van der Waals surface area contributed by atoms with Crippen molar-refractivity contribution < 1.29 is 14.9 Å². The maximum Gasteiger partial charge on any atom is 0.119 e. The molecule has 0 aliphatic heterocycles. The third-order valence-corrected chi connectivity index (χ3v) is 3.02. The van der Waals surface area contributed by atoms with E-state index in [-0.39, 0.29) is 18.8 Å². The van der Waals surface area contributed by atoms with Gasteiger partial charge in [-0.1, -0.05) is 17.7 Å². The Morgan fingerprint density at radius 2 is 1.89 bits per heavy atom. The van der Waals surface area contributed by atoms with E-state index in [1.807, 2.05) is 45.0 Å². The Bertz CT molecular complexity index is 362. The molecule has 1 unspecified atom stereocenters. The highest BCUT2D eigenvalue weighted by Gasteiger charge is 2.17. The van der Waals surface area contributed by atoms with E-state index in [0.29, 0.717) is 13.0 Å². The molecular formula is C15H25NO3. The highest BCUT2D eigenvalue weighted by Crippen LogP contribution is 2.12. The average Bonchev–Trinajstić information content (AvgIpc) is 2.36. The summed E-state index contributed by atoms with van der Waals surface area (Å²) in [6, 6.07) is 7.74.